The molecule has 1 aliphatic heterocycles. The molecule has 4 heteroatoms. The van der Waals surface area contributed by atoms with Crippen LogP contribution in [0.4, 0.5) is 0 Å². The molecule has 0 aromatic rings. The highest BCUT2D eigenvalue weighted by molar-refractivity contribution is 4.75. The van der Waals surface area contributed by atoms with Gasteiger partial charge in [0.05, 0.1) is 13.2 Å². The van der Waals surface area contributed by atoms with Crippen LogP contribution in [0, 0.1) is 5.92 Å². The van der Waals surface area contributed by atoms with Gasteiger partial charge in [-0.05, 0) is 38.8 Å². The Labute approximate surface area is 112 Å². The Morgan fingerprint density at radius 3 is 2.94 bits per heavy atom. The molecule has 2 unspecified atom stereocenters. The van der Waals surface area contributed by atoms with E-state index in [2.05, 4.69) is 24.2 Å². The van der Waals surface area contributed by atoms with Gasteiger partial charge in [0.25, 0.3) is 0 Å². The third kappa shape index (κ3) is 6.14. The maximum Gasteiger partial charge on any atom is 0.0630 e. The number of nitrogens with zero attached hydrogens (tertiary/aromatic N) is 1. The second-order valence-electron chi connectivity index (χ2n) is 5.34. The molecule has 0 bridgehead atoms. The number of ether oxygens (including phenoxy) is 2. The van der Waals surface area contributed by atoms with E-state index in [1.165, 1.54) is 19.3 Å². The molecule has 1 fully saturated rings. The van der Waals surface area contributed by atoms with E-state index < -0.39 is 0 Å². The molecule has 2 atom stereocenters. The van der Waals surface area contributed by atoms with Gasteiger partial charge < -0.3 is 14.8 Å². The molecular weight excluding hydrogens is 228 g/mol. The van der Waals surface area contributed by atoms with Crippen LogP contribution >= 0.6 is 0 Å². The van der Waals surface area contributed by atoms with E-state index in [4.69, 9.17) is 9.47 Å². The lowest BCUT2D eigenvalue weighted by Crippen LogP contribution is -2.46. The first-order valence-electron chi connectivity index (χ1n) is 7.25. The third-order valence-electron chi connectivity index (χ3n) is 3.59. The molecule has 0 aromatic carbocycles. The molecule has 1 saturated heterocycles. The average Bonchev–Trinajstić information content (AvgIpc) is 2.39. The Morgan fingerprint density at radius 1 is 1.50 bits per heavy atom. The number of likely N-dealkylation sites (N-methyl/N-ethyl adjacent to an activating group) is 1. The molecule has 0 radical (unpaired) electrons. The number of hydrogen-bond acceptors (Lipinski definition) is 4. The predicted octanol–water partition coefficient (Wildman–Crippen LogP) is 1.36. The van der Waals surface area contributed by atoms with Crippen molar-refractivity contribution in [3.05, 3.63) is 0 Å². The van der Waals surface area contributed by atoms with E-state index in [1.807, 2.05) is 0 Å². The number of hydrogen-bond donors (Lipinski definition) is 1. The van der Waals surface area contributed by atoms with Crippen LogP contribution < -0.4 is 5.32 Å². The standard InChI is InChI=1S/C14H30N2O2/c1-4-7-15-9-14(12-17-3)16(2)10-13-6-5-8-18-11-13/h13-15H,4-12H2,1-3H3. The maximum absolute atomic E-state index is 5.55. The van der Waals surface area contributed by atoms with Gasteiger partial charge in [-0.3, -0.25) is 4.90 Å². The summed E-state index contributed by atoms with van der Waals surface area (Å²) in [4.78, 5) is 2.42. The SMILES string of the molecule is CCCNCC(COC)N(C)CC1CCCOC1. The summed E-state index contributed by atoms with van der Waals surface area (Å²) in [6.45, 7) is 8.06. The molecular formula is C14H30N2O2. The molecule has 1 N–H and O–H groups in total. The summed E-state index contributed by atoms with van der Waals surface area (Å²) in [6, 6.07) is 0.462. The van der Waals surface area contributed by atoms with Gasteiger partial charge in [0.2, 0.25) is 0 Å². The number of methoxy groups -OCH3 is 1. The lowest BCUT2D eigenvalue weighted by atomic mass is 10.0. The summed E-state index contributed by atoms with van der Waals surface area (Å²) in [6.07, 6.45) is 3.69. The van der Waals surface area contributed by atoms with Crippen LogP contribution in [-0.2, 0) is 9.47 Å². The van der Waals surface area contributed by atoms with E-state index in [0.29, 0.717) is 12.0 Å². The van der Waals surface area contributed by atoms with Crippen LogP contribution in [0.15, 0.2) is 0 Å². The van der Waals surface area contributed by atoms with Crippen molar-refractivity contribution in [2.24, 2.45) is 5.92 Å². The minimum Gasteiger partial charge on any atom is -0.383 e. The fourth-order valence-corrected chi connectivity index (χ4v) is 2.49. The first kappa shape index (κ1) is 15.9. The molecule has 0 saturated carbocycles. The van der Waals surface area contributed by atoms with Gasteiger partial charge in [-0.15, -0.1) is 0 Å². The fraction of sp³-hybridized carbons (Fsp3) is 1.00. The summed E-state index contributed by atoms with van der Waals surface area (Å²) in [5.41, 5.74) is 0. The molecule has 1 aliphatic rings. The second kappa shape index (κ2) is 9.73. The first-order chi connectivity index (χ1) is 8.77. The largest absolute Gasteiger partial charge is 0.383 e. The zero-order valence-electron chi connectivity index (χ0n) is 12.3. The average molecular weight is 258 g/mol. The first-order valence-corrected chi connectivity index (χ1v) is 7.25. The minimum atomic E-state index is 0.462. The van der Waals surface area contributed by atoms with Crippen molar-refractivity contribution in [2.75, 3.05) is 53.6 Å². The zero-order chi connectivity index (χ0) is 13.2. The van der Waals surface area contributed by atoms with Crippen molar-refractivity contribution < 1.29 is 9.47 Å². The van der Waals surface area contributed by atoms with E-state index in [-0.39, 0.29) is 0 Å². The van der Waals surface area contributed by atoms with Gasteiger partial charge in [-0.25, -0.2) is 0 Å². The van der Waals surface area contributed by atoms with Crippen LogP contribution in [0.25, 0.3) is 0 Å². The van der Waals surface area contributed by atoms with E-state index in [9.17, 15) is 0 Å². The van der Waals surface area contributed by atoms with Crippen LogP contribution in [0.1, 0.15) is 26.2 Å². The Bertz CT molecular complexity index is 196. The minimum absolute atomic E-state index is 0.462. The van der Waals surface area contributed by atoms with Gasteiger partial charge in [0, 0.05) is 32.8 Å². The van der Waals surface area contributed by atoms with E-state index in [0.717, 1.165) is 39.5 Å². The van der Waals surface area contributed by atoms with Crippen molar-refractivity contribution in [3.8, 4) is 0 Å². The molecule has 1 rings (SSSR count). The van der Waals surface area contributed by atoms with E-state index in [1.54, 1.807) is 7.11 Å². The Kier molecular flexibility index (Phi) is 8.59. The molecule has 4 nitrogen and oxygen atoms in total. The van der Waals surface area contributed by atoms with Gasteiger partial charge in [-0.1, -0.05) is 6.92 Å². The molecule has 18 heavy (non-hydrogen) atoms. The molecule has 0 spiro atoms. The van der Waals surface area contributed by atoms with Crippen LogP contribution in [0.5, 0.6) is 0 Å². The highest BCUT2D eigenvalue weighted by Gasteiger charge is 2.20. The smallest absolute Gasteiger partial charge is 0.0630 e. The predicted molar refractivity (Wildman–Crippen MR) is 75.0 cm³/mol. The topological polar surface area (TPSA) is 33.7 Å². The fourth-order valence-electron chi connectivity index (χ4n) is 2.49. The second-order valence-corrected chi connectivity index (χ2v) is 5.34. The van der Waals surface area contributed by atoms with Crippen LogP contribution in [0.3, 0.4) is 0 Å². The van der Waals surface area contributed by atoms with Crippen molar-refractivity contribution in [1.82, 2.24) is 10.2 Å². The lowest BCUT2D eigenvalue weighted by Gasteiger charge is -2.32. The van der Waals surface area contributed by atoms with Gasteiger partial charge in [0.1, 0.15) is 0 Å². The monoisotopic (exact) mass is 258 g/mol. The summed E-state index contributed by atoms with van der Waals surface area (Å²) in [5, 5.41) is 3.49. The Balaban J connectivity index is 2.29. The highest BCUT2D eigenvalue weighted by Crippen LogP contribution is 2.15. The molecule has 0 amide bonds. The Hall–Kier alpha value is -0.160. The number of rotatable bonds is 9. The highest BCUT2D eigenvalue weighted by atomic mass is 16.5. The van der Waals surface area contributed by atoms with Crippen molar-refractivity contribution in [3.63, 3.8) is 0 Å². The lowest BCUT2D eigenvalue weighted by molar-refractivity contribution is 0.0269. The summed E-state index contributed by atoms with van der Waals surface area (Å²) < 4.78 is 10.9. The van der Waals surface area contributed by atoms with Gasteiger partial charge in [0.15, 0.2) is 0 Å². The van der Waals surface area contributed by atoms with Crippen molar-refractivity contribution in [2.45, 2.75) is 32.2 Å². The molecule has 1 heterocycles. The van der Waals surface area contributed by atoms with Gasteiger partial charge in [-0.2, -0.15) is 0 Å². The molecule has 108 valence electrons. The Morgan fingerprint density at radius 2 is 2.33 bits per heavy atom. The van der Waals surface area contributed by atoms with Crippen molar-refractivity contribution >= 4 is 0 Å². The molecule has 0 aromatic heterocycles. The van der Waals surface area contributed by atoms with Gasteiger partial charge >= 0.3 is 0 Å². The van der Waals surface area contributed by atoms with Crippen LogP contribution in [-0.4, -0.2) is 64.6 Å². The molecule has 0 aliphatic carbocycles. The van der Waals surface area contributed by atoms with Crippen molar-refractivity contribution in [1.29, 1.82) is 0 Å². The summed E-state index contributed by atoms with van der Waals surface area (Å²) >= 11 is 0. The summed E-state index contributed by atoms with van der Waals surface area (Å²) in [5.74, 6) is 0.689. The normalized spacial score (nSPS) is 22.3. The number of nitrogens with one attached hydrogen (secondary N) is 1. The van der Waals surface area contributed by atoms with E-state index >= 15 is 0 Å². The quantitative estimate of drug-likeness (QED) is 0.633. The maximum atomic E-state index is 5.55. The summed E-state index contributed by atoms with van der Waals surface area (Å²) in [7, 11) is 3.98. The van der Waals surface area contributed by atoms with Crippen LogP contribution in [0.2, 0.25) is 0 Å². The zero-order valence-corrected chi connectivity index (χ0v) is 12.3. The third-order valence-corrected chi connectivity index (χ3v) is 3.59.